The van der Waals surface area contributed by atoms with Crippen molar-refractivity contribution in [2.24, 2.45) is 0 Å². The molecule has 198 valence electrons. The van der Waals surface area contributed by atoms with Gasteiger partial charge in [0.05, 0.1) is 6.54 Å². The molecule has 0 aliphatic heterocycles. The Labute approximate surface area is 228 Å². The number of esters is 1. The second-order valence-corrected chi connectivity index (χ2v) is 8.92. The predicted molar refractivity (Wildman–Crippen MR) is 150 cm³/mol. The number of hydrogen-bond acceptors (Lipinski definition) is 5. The van der Waals surface area contributed by atoms with Crippen LogP contribution in [0, 0.1) is 0 Å². The molecule has 0 fully saturated rings. The Morgan fingerprint density at radius 1 is 0.692 bits per heavy atom. The molecule has 0 radical (unpaired) electrons. The minimum absolute atomic E-state index is 0.00534. The maximum absolute atomic E-state index is 12.3. The molecule has 0 saturated carbocycles. The van der Waals surface area contributed by atoms with Crippen LogP contribution in [0.4, 0.5) is 4.79 Å². The van der Waals surface area contributed by atoms with Crippen LogP contribution in [0.2, 0.25) is 0 Å². The van der Waals surface area contributed by atoms with Gasteiger partial charge in [-0.05, 0) is 46.7 Å². The van der Waals surface area contributed by atoms with Crippen molar-refractivity contribution in [3.63, 3.8) is 0 Å². The SMILES string of the molecule is C=CC(=O)OCCNC(=O)OOc1ccc(Cc2ccccc2)c(Cc2ccccc2)c1Cc1ccccc1. The van der Waals surface area contributed by atoms with Crippen LogP contribution in [0.25, 0.3) is 0 Å². The van der Waals surface area contributed by atoms with Crippen molar-refractivity contribution in [1.82, 2.24) is 5.32 Å². The lowest BCUT2D eigenvalue weighted by molar-refractivity contribution is -0.144. The van der Waals surface area contributed by atoms with E-state index >= 15 is 0 Å². The first-order valence-corrected chi connectivity index (χ1v) is 12.8. The molecule has 0 aliphatic carbocycles. The molecular weight excluding hydrogens is 490 g/mol. The molecule has 0 unspecified atom stereocenters. The number of carbonyl (C=O) groups is 2. The fourth-order valence-corrected chi connectivity index (χ4v) is 4.27. The summed E-state index contributed by atoms with van der Waals surface area (Å²) in [6.07, 6.45) is 2.33. The van der Waals surface area contributed by atoms with E-state index in [-0.39, 0.29) is 13.2 Å². The zero-order chi connectivity index (χ0) is 27.3. The average molecular weight is 522 g/mol. The summed E-state index contributed by atoms with van der Waals surface area (Å²) < 4.78 is 4.86. The third-order valence-corrected chi connectivity index (χ3v) is 6.16. The third-order valence-electron chi connectivity index (χ3n) is 6.16. The van der Waals surface area contributed by atoms with Gasteiger partial charge in [0, 0.05) is 18.1 Å². The summed E-state index contributed by atoms with van der Waals surface area (Å²) in [6.45, 7) is 3.40. The van der Waals surface area contributed by atoms with Gasteiger partial charge in [-0.1, -0.05) is 104 Å². The fourth-order valence-electron chi connectivity index (χ4n) is 4.27. The van der Waals surface area contributed by atoms with Gasteiger partial charge in [0.2, 0.25) is 0 Å². The zero-order valence-electron chi connectivity index (χ0n) is 21.7. The number of nitrogens with one attached hydrogen (secondary N) is 1. The smallest absolute Gasteiger partial charge is 0.450 e. The molecule has 6 nitrogen and oxygen atoms in total. The van der Waals surface area contributed by atoms with Gasteiger partial charge in [-0.2, -0.15) is 0 Å². The van der Waals surface area contributed by atoms with Crippen molar-refractivity contribution in [2.75, 3.05) is 13.2 Å². The molecule has 1 amide bonds. The quantitative estimate of drug-likeness (QED) is 0.0789. The summed E-state index contributed by atoms with van der Waals surface area (Å²) in [5, 5.41) is 2.50. The van der Waals surface area contributed by atoms with E-state index in [4.69, 9.17) is 14.5 Å². The molecule has 4 aromatic rings. The Balaban J connectivity index is 1.62. The minimum Gasteiger partial charge on any atom is -0.461 e. The van der Waals surface area contributed by atoms with Crippen molar-refractivity contribution >= 4 is 12.1 Å². The van der Waals surface area contributed by atoms with E-state index in [1.165, 1.54) is 16.7 Å². The highest BCUT2D eigenvalue weighted by Crippen LogP contribution is 2.32. The van der Waals surface area contributed by atoms with E-state index in [0.29, 0.717) is 18.6 Å². The Morgan fingerprint density at radius 3 is 1.79 bits per heavy atom. The van der Waals surface area contributed by atoms with Gasteiger partial charge in [0.25, 0.3) is 0 Å². The molecule has 0 spiro atoms. The van der Waals surface area contributed by atoms with Gasteiger partial charge < -0.3 is 10.1 Å². The topological polar surface area (TPSA) is 73.9 Å². The van der Waals surface area contributed by atoms with Crippen LogP contribution < -0.4 is 10.2 Å². The van der Waals surface area contributed by atoms with Crippen LogP contribution in [-0.4, -0.2) is 25.2 Å². The maximum atomic E-state index is 12.3. The van der Waals surface area contributed by atoms with Crippen LogP contribution in [0.1, 0.15) is 33.4 Å². The molecule has 6 heteroatoms. The molecule has 4 aromatic carbocycles. The summed E-state index contributed by atoms with van der Waals surface area (Å²) in [7, 11) is 0. The maximum Gasteiger partial charge on any atom is 0.450 e. The lowest BCUT2D eigenvalue weighted by atomic mass is 9.88. The first-order chi connectivity index (χ1) is 19.1. The normalized spacial score (nSPS) is 10.4. The molecular formula is C33H31NO5. The summed E-state index contributed by atoms with van der Waals surface area (Å²) in [5.74, 6) is -0.0941. The van der Waals surface area contributed by atoms with Gasteiger partial charge in [0.1, 0.15) is 6.61 Å². The lowest BCUT2D eigenvalue weighted by Gasteiger charge is -2.19. The summed E-state index contributed by atoms with van der Waals surface area (Å²) in [6, 6.07) is 34.6. The van der Waals surface area contributed by atoms with Crippen molar-refractivity contribution in [2.45, 2.75) is 19.3 Å². The minimum atomic E-state index is -0.784. The fraction of sp³-hybridized carbons (Fsp3) is 0.152. The molecule has 0 saturated heterocycles. The standard InChI is InChI=1S/C33H31NO5/c1-2-32(35)37-21-20-34-33(36)39-38-31-19-18-28(22-25-12-6-3-7-13-25)29(23-26-14-8-4-9-15-26)30(31)24-27-16-10-5-11-17-27/h2-19H,1,20-24H2,(H,34,36). The second-order valence-electron chi connectivity index (χ2n) is 8.92. The third kappa shape index (κ3) is 8.33. The van der Waals surface area contributed by atoms with Crippen molar-refractivity contribution < 1.29 is 24.1 Å². The molecule has 0 bridgehead atoms. The van der Waals surface area contributed by atoms with E-state index < -0.39 is 12.1 Å². The highest BCUT2D eigenvalue weighted by Gasteiger charge is 2.18. The predicted octanol–water partition coefficient (Wildman–Crippen LogP) is 6.21. The first kappa shape index (κ1) is 27.2. The number of rotatable bonds is 12. The second kappa shape index (κ2) is 14.2. The monoisotopic (exact) mass is 521 g/mol. The van der Waals surface area contributed by atoms with E-state index in [1.54, 1.807) is 0 Å². The van der Waals surface area contributed by atoms with E-state index in [9.17, 15) is 9.59 Å². The number of benzene rings is 4. The lowest BCUT2D eigenvalue weighted by Crippen LogP contribution is -2.29. The number of amides is 1. The molecule has 39 heavy (non-hydrogen) atoms. The van der Waals surface area contributed by atoms with Crippen LogP contribution in [0.15, 0.2) is 116 Å². The highest BCUT2D eigenvalue weighted by atomic mass is 17.2. The summed E-state index contributed by atoms with van der Waals surface area (Å²) >= 11 is 0. The summed E-state index contributed by atoms with van der Waals surface area (Å²) in [5.41, 5.74) is 6.75. The number of hydrogen-bond donors (Lipinski definition) is 1. The summed E-state index contributed by atoms with van der Waals surface area (Å²) in [4.78, 5) is 34.1. The molecule has 0 heterocycles. The van der Waals surface area contributed by atoms with Crippen LogP contribution in [-0.2, 0) is 33.7 Å². The molecule has 4 rings (SSSR count). The Bertz CT molecular complexity index is 1370. The average Bonchev–Trinajstić information content (AvgIpc) is 2.98. The first-order valence-electron chi connectivity index (χ1n) is 12.8. The number of ether oxygens (including phenoxy) is 1. The Kier molecular flexibility index (Phi) is 9.90. The van der Waals surface area contributed by atoms with E-state index in [1.807, 2.05) is 66.7 Å². The van der Waals surface area contributed by atoms with Gasteiger partial charge in [-0.15, -0.1) is 0 Å². The van der Waals surface area contributed by atoms with Gasteiger partial charge >= 0.3 is 12.1 Å². The van der Waals surface area contributed by atoms with Crippen molar-refractivity contribution in [3.05, 3.63) is 149 Å². The number of carbonyl (C=O) groups excluding carboxylic acids is 2. The molecule has 0 aromatic heterocycles. The van der Waals surface area contributed by atoms with E-state index in [2.05, 4.69) is 48.3 Å². The molecule has 0 aliphatic rings. The largest absolute Gasteiger partial charge is 0.461 e. The van der Waals surface area contributed by atoms with Crippen LogP contribution in [0.5, 0.6) is 5.75 Å². The molecule has 1 N–H and O–H groups in total. The van der Waals surface area contributed by atoms with Crippen LogP contribution in [0.3, 0.4) is 0 Å². The van der Waals surface area contributed by atoms with Gasteiger partial charge in [-0.3, -0.25) is 4.89 Å². The zero-order valence-corrected chi connectivity index (χ0v) is 21.7. The van der Waals surface area contributed by atoms with Gasteiger partial charge in [-0.25, -0.2) is 14.5 Å². The van der Waals surface area contributed by atoms with Crippen LogP contribution >= 0.6 is 0 Å². The molecule has 0 atom stereocenters. The van der Waals surface area contributed by atoms with E-state index in [0.717, 1.165) is 29.2 Å². The van der Waals surface area contributed by atoms with Crippen molar-refractivity contribution in [3.8, 4) is 5.75 Å². The Morgan fingerprint density at radius 2 is 1.23 bits per heavy atom. The highest BCUT2D eigenvalue weighted by molar-refractivity contribution is 5.81. The van der Waals surface area contributed by atoms with Crippen molar-refractivity contribution in [1.29, 1.82) is 0 Å². The Hall–Kier alpha value is -4.84. The van der Waals surface area contributed by atoms with Gasteiger partial charge in [0.15, 0.2) is 5.75 Å².